The normalized spacial score (nSPS) is 23.9. The first kappa shape index (κ1) is 14.4. The number of carbonyl (C=O) groups is 1. The van der Waals surface area contributed by atoms with Crippen molar-refractivity contribution in [2.45, 2.75) is 44.7 Å². The second kappa shape index (κ2) is 6.33. The molecule has 0 saturated heterocycles. The number of nitrogens with zero attached hydrogens (tertiary/aromatic N) is 1. The fourth-order valence-electron chi connectivity index (χ4n) is 1.99. The zero-order chi connectivity index (χ0) is 11.5. The van der Waals surface area contributed by atoms with Crippen LogP contribution in [0.2, 0.25) is 0 Å². The van der Waals surface area contributed by atoms with Crippen LogP contribution >= 0.6 is 23.7 Å². The van der Waals surface area contributed by atoms with Crippen LogP contribution in [0.3, 0.4) is 0 Å². The van der Waals surface area contributed by atoms with Gasteiger partial charge in [0.1, 0.15) is 4.88 Å². The molecule has 1 heterocycles. The van der Waals surface area contributed by atoms with Gasteiger partial charge in [-0.05, 0) is 32.6 Å². The third-order valence-corrected chi connectivity index (χ3v) is 3.86. The molecule has 0 atom stereocenters. The van der Waals surface area contributed by atoms with Crippen molar-refractivity contribution in [1.82, 2.24) is 10.3 Å². The van der Waals surface area contributed by atoms with Gasteiger partial charge >= 0.3 is 0 Å². The molecule has 0 aliphatic heterocycles. The summed E-state index contributed by atoms with van der Waals surface area (Å²) < 4.78 is 0. The Hall–Kier alpha value is -0.650. The third-order valence-electron chi connectivity index (χ3n) is 2.95. The van der Waals surface area contributed by atoms with Crippen LogP contribution in [0.15, 0.2) is 6.20 Å². The summed E-state index contributed by atoms with van der Waals surface area (Å²) in [4.78, 5) is 16.6. The van der Waals surface area contributed by atoms with Crippen molar-refractivity contribution in [2.24, 2.45) is 5.73 Å². The topological polar surface area (TPSA) is 68.0 Å². The number of carbonyl (C=O) groups excluding carboxylic acids is 1. The maximum atomic E-state index is 11.8. The number of nitrogens with one attached hydrogen (secondary N) is 1. The molecule has 3 N–H and O–H groups in total. The lowest BCUT2D eigenvalue weighted by molar-refractivity contribution is 0.0930. The molecule has 1 aromatic heterocycles. The largest absolute Gasteiger partial charge is 0.349 e. The molecular weight excluding hydrogens is 258 g/mol. The van der Waals surface area contributed by atoms with E-state index in [1.165, 1.54) is 11.3 Å². The number of hydrogen-bond donors (Lipinski definition) is 2. The highest BCUT2D eigenvalue weighted by Gasteiger charge is 2.21. The zero-order valence-corrected chi connectivity index (χ0v) is 11.4. The standard InChI is InChI=1S/C11H17N3OS.ClH/c1-7-13-6-10(16-7)11(15)14-9-4-2-8(12)3-5-9;/h6,8-9H,2-5,12H2,1H3,(H,14,15);1H. The molecule has 0 unspecified atom stereocenters. The van der Waals surface area contributed by atoms with Crippen LogP contribution in [-0.4, -0.2) is 23.0 Å². The van der Waals surface area contributed by atoms with E-state index in [2.05, 4.69) is 10.3 Å². The monoisotopic (exact) mass is 275 g/mol. The van der Waals surface area contributed by atoms with Crippen LogP contribution in [0, 0.1) is 6.92 Å². The van der Waals surface area contributed by atoms with E-state index < -0.39 is 0 Å². The van der Waals surface area contributed by atoms with Gasteiger partial charge in [0.15, 0.2) is 0 Å². The van der Waals surface area contributed by atoms with Gasteiger partial charge in [-0.15, -0.1) is 23.7 Å². The van der Waals surface area contributed by atoms with Crippen molar-refractivity contribution in [3.05, 3.63) is 16.1 Å². The van der Waals surface area contributed by atoms with Gasteiger partial charge in [-0.1, -0.05) is 0 Å². The highest BCUT2D eigenvalue weighted by Crippen LogP contribution is 2.18. The molecule has 0 spiro atoms. The summed E-state index contributed by atoms with van der Waals surface area (Å²) in [5.74, 6) is 0.00562. The minimum Gasteiger partial charge on any atom is -0.349 e. The van der Waals surface area contributed by atoms with Crippen LogP contribution < -0.4 is 11.1 Å². The predicted octanol–water partition coefficient (Wildman–Crippen LogP) is 1.87. The van der Waals surface area contributed by atoms with Crippen molar-refractivity contribution < 1.29 is 4.79 Å². The Labute approximate surface area is 111 Å². The number of thiazole rings is 1. The molecule has 4 nitrogen and oxygen atoms in total. The summed E-state index contributed by atoms with van der Waals surface area (Å²) in [6.45, 7) is 1.90. The summed E-state index contributed by atoms with van der Waals surface area (Å²) in [5, 5.41) is 3.97. The number of amides is 1. The number of hydrogen-bond acceptors (Lipinski definition) is 4. The average Bonchev–Trinajstić information content (AvgIpc) is 2.68. The van der Waals surface area contributed by atoms with Gasteiger partial charge in [-0.2, -0.15) is 0 Å². The molecule has 1 fully saturated rings. The molecule has 1 aliphatic rings. The Morgan fingerprint density at radius 2 is 2.12 bits per heavy atom. The summed E-state index contributed by atoms with van der Waals surface area (Å²) >= 11 is 1.44. The third kappa shape index (κ3) is 3.94. The maximum Gasteiger partial charge on any atom is 0.263 e. The van der Waals surface area contributed by atoms with Crippen molar-refractivity contribution in [3.8, 4) is 0 Å². The van der Waals surface area contributed by atoms with E-state index in [1.807, 2.05) is 6.92 Å². The van der Waals surface area contributed by atoms with Crippen molar-refractivity contribution in [2.75, 3.05) is 0 Å². The lowest BCUT2D eigenvalue weighted by Crippen LogP contribution is -2.40. The highest BCUT2D eigenvalue weighted by atomic mass is 35.5. The highest BCUT2D eigenvalue weighted by molar-refractivity contribution is 7.13. The number of rotatable bonds is 2. The SMILES string of the molecule is Cc1ncc(C(=O)NC2CCC(N)CC2)s1.Cl. The molecule has 17 heavy (non-hydrogen) atoms. The van der Waals surface area contributed by atoms with Crippen molar-refractivity contribution in [3.63, 3.8) is 0 Å². The molecule has 0 bridgehead atoms. The molecule has 0 radical (unpaired) electrons. The molecule has 1 aromatic rings. The molecule has 1 aliphatic carbocycles. The van der Waals surface area contributed by atoms with Crippen LogP contribution in [0.25, 0.3) is 0 Å². The summed E-state index contributed by atoms with van der Waals surface area (Å²) in [6.07, 6.45) is 5.64. The van der Waals surface area contributed by atoms with E-state index in [4.69, 9.17) is 5.73 Å². The molecule has 1 saturated carbocycles. The molecule has 96 valence electrons. The first-order valence-electron chi connectivity index (χ1n) is 5.64. The van der Waals surface area contributed by atoms with Crippen LogP contribution in [0.4, 0.5) is 0 Å². The molecule has 1 amide bonds. The van der Waals surface area contributed by atoms with Crippen LogP contribution in [-0.2, 0) is 0 Å². The zero-order valence-electron chi connectivity index (χ0n) is 9.81. The first-order valence-corrected chi connectivity index (χ1v) is 6.45. The van der Waals surface area contributed by atoms with Crippen molar-refractivity contribution >= 4 is 29.7 Å². The number of halogens is 1. The number of nitrogens with two attached hydrogens (primary N) is 1. The summed E-state index contributed by atoms with van der Waals surface area (Å²) in [5.41, 5.74) is 5.82. The second-order valence-corrected chi connectivity index (χ2v) is 5.56. The van der Waals surface area contributed by atoms with E-state index in [9.17, 15) is 4.79 Å². The Balaban J connectivity index is 0.00000144. The van der Waals surface area contributed by atoms with E-state index in [-0.39, 0.29) is 24.4 Å². The molecular formula is C11H18ClN3OS. The molecule has 2 rings (SSSR count). The fraction of sp³-hybridized carbons (Fsp3) is 0.636. The fourth-order valence-corrected chi connectivity index (χ4v) is 2.67. The van der Waals surface area contributed by atoms with Gasteiger partial charge in [0.05, 0.1) is 11.2 Å². The van der Waals surface area contributed by atoms with Gasteiger partial charge < -0.3 is 11.1 Å². The lowest BCUT2D eigenvalue weighted by Gasteiger charge is -2.26. The number of aryl methyl sites for hydroxylation is 1. The molecule has 6 heteroatoms. The summed E-state index contributed by atoms with van der Waals surface area (Å²) in [7, 11) is 0. The summed E-state index contributed by atoms with van der Waals surface area (Å²) in [6, 6.07) is 0.605. The van der Waals surface area contributed by atoms with Gasteiger partial charge in [0.25, 0.3) is 5.91 Å². The lowest BCUT2D eigenvalue weighted by atomic mass is 9.92. The Morgan fingerprint density at radius 1 is 1.47 bits per heavy atom. The Bertz CT molecular complexity index is 375. The Morgan fingerprint density at radius 3 is 2.65 bits per heavy atom. The van der Waals surface area contributed by atoms with E-state index in [0.29, 0.717) is 10.9 Å². The number of aromatic nitrogens is 1. The minimum absolute atomic E-state index is 0. The van der Waals surface area contributed by atoms with Crippen LogP contribution in [0.5, 0.6) is 0 Å². The van der Waals surface area contributed by atoms with E-state index >= 15 is 0 Å². The van der Waals surface area contributed by atoms with E-state index in [0.717, 1.165) is 30.7 Å². The van der Waals surface area contributed by atoms with Gasteiger partial charge in [-0.3, -0.25) is 4.79 Å². The van der Waals surface area contributed by atoms with Gasteiger partial charge in [0, 0.05) is 12.1 Å². The van der Waals surface area contributed by atoms with Gasteiger partial charge in [0.2, 0.25) is 0 Å². The maximum absolute atomic E-state index is 11.8. The second-order valence-electron chi connectivity index (χ2n) is 4.33. The van der Waals surface area contributed by atoms with Crippen LogP contribution in [0.1, 0.15) is 40.4 Å². The quantitative estimate of drug-likeness (QED) is 0.866. The predicted molar refractivity (Wildman–Crippen MR) is 71.8 cm³/mol. The molecule has 0 aromatic carbocycles. The Kier molecular flexibility index (Phi) is 5.36. The minimum atomic E-state index is 0. The smallest absolute Gasteiger partial charge is 0.263 e. The van der Waals surface area contributed by atoms with Gasteiger partial charge in [-0.25, -0.2) is 4.98 Å². The van der Waals surface area contributed by atoms with Crippen molar-refractivity contribution in [1.29, 1.82) is 0 Å². The first-order chi connectivity index (χ1) is 7.65. The van der Waals surface area contributed by atoms with E-state index in [1.54, 1.807) is 6.20 Å². The average molecular weight is 276 g/mol.